The van der Waals surface area contributed by atoms with Crippen molar-refractivity contribution in [2.24, 2.45) is 0 Å². The van der Waals surface area contributed by atoms with Crippen molar-refractivity contribution in [2.75, 3.05) is 19.4 Å². The summed E-state index contributed by atoms with van der Waals surface area (Å²) in [6, 6.07) is 7.12. The number of carbonyl (C=O) groups is 1. The number of rotatable bonds is 6. The first-order chi connectivity index (χ1) is 11.3. The second kappa shape index (κ2) is 7.56. The SMILES string of the molecule is COc1ccc(-n2c(C)nnc2SCC(=O)NCC(F)(F)F)cc1. The third-order valence-electron chi connectivity index (χ3n) is 2.94. The van der Waals surface area contributed by atoms with Crippen LogP contribution in [-0.4, -0.2) is 46.3 Å². The standard InChI is InChI=1S/C14H15F3N4O2S/c1-9-19-20-13(24-7-12(22)18-8-14(15,16)17)21(9)10-3-5-11(23-2)6-4-10/h3-6H,7-8H2,1-2H3,(H,18,22). The van der Waals surface area contributed by atoms with E-state index in [4.69, 9.17) is 4.74 Å². The van der Waals surface area contributed by atoms with E-state index >= 15 is 0 Å². The average molecular weight is 360 g/mol. The van der Waals surface area contributed by atoms with Crippen molar-refractivity contribution in [3.63, 3.8) is 0 Å². The Kier molecular flexibility index (Phi) is 5.71. The molecule has 0 aliphatic rings. The van der Waals surface area contributed by atoms with Crippen LogP contribution in [0.25, 0.3) is 5.69 Å². The van der Waals surface area contributed by atoms with E-state index in [-0.39, 0.29) is 5.75 Å². The average Bonchev–Trinajstić information content (AvgIpc) is 2.91. The van der Waals surface area contributed by atoms with Gasteiger partial charge in [0.1, 0.15) is 18.1 Å². The molecule has 0 aliphatic carbocycles. The molecule has 2 rings (SSSR count). The minimum absolute atomic E-state index is 0.190. The highest BCUT2D eigenvalue weighted by Gasteiger charge is 2.27. The molecule has 0 saturated carbocycles. The number of aromatic nitrogens is 3. The molecule has 1 aromatic heterocycles. The van der Waals surface area contributed by atoms with Crippen LogP contribution in [0.2, 0.25) is 0 Å². The molecule has 1 heterocycles. The highest BCUT2D eigenvalue weighted by molar-refractivity contribution is 7.99. The van der Waals surface area contributed by atoms with Gasteiger partial charge in [0.05, 0.1) is 12.9 Å². The molecule has 0 unspecified atom stereocenters. The second-order valence-corrected chi connectivity index (χ2v) is 5.69. The molecular formula is C14H15F3N4O2S. The Bertz CT molecular complexity index is 701. The van der Waals surface area contributed by atoms with Crippen LogP contribution in [0.3, 0.4) is 0 Å². The molecule has 1 amide bonds. The van der Waals surface area contributed by atoms with E-state index in [1.807, 2.05) is 5.32 Å². The van der Waals surface area contributed by atoms with Crippen molar-refractivity contribution in [3.8, 4) is 11.4 Å². The lowest BCUT2D eigenvalue weighted by Crippen LogP contribution is -2.34. The summed E-state index contributed by atoms with van der Waals surface area (Å²) < 4.78 is 43.0. The van der Waals surface area contributed by atoms with Gasteiger partial charge in [-0.2, -0.15) is 13.2 Å². The number of aryl methyl sites for hydroxylation is 1. The second-order valence-electron chi connectivity index (χ2n) is 4.74. The fourth-order valence-electron chi connectivity index (χ4n) is 1.84. The van der Waals surface area contributed by atoms with Crippen LogP contribution in [0.1, 0.15) is 5.82 Å². The Labute approximate surface area is 140 Å². The van der Waals surface area contributed by atoms with Gasteiger partial charge < -0.3 is 10.1 Å². The van der Waals surface area contributed by atoms with Crippen LogP contribution in [0, 0.1) is 6.92 Å². The first kappa shape index (κ1) is 18.1. The Hall–Kier alpha value is -2.23. The molecule has 0 spiro atoms. The van der Waals surface area contributed by atoms with E-state index in [0.29, 0.717) is 16.7 Å². The molecule has 6 nitrogen and oxygen atoms in total. The van der Waals surface area contributed by atoms with Crippen LogP contribution in [0.4, 0.5) is 13.2 Å². The number of amides is 1. The maximum atomic E-state index is 12.1. The first-order valence-electron chi connectivity index (χ1n) is 6.83. The number of methoxy groups -OCH3 is 1. The quantitative estimate of drug-likeness (QED) is 0.801. The number of halogens is 3. The van der Waals surface area contributed by atoms with Gasteiger partial charge in [-0.05, 0) is 31.2 Å². The number of ether oxygens (including phenoxy) is 1. The predicted molar refractivity (Wildman–Crippen MR) is 82.4 cm³/mol. The normalized spacial score (nSPS) is 11.4. The highest BCUT2D eigenvalue weighted by Crippen LogP contribution is 2.23. The minimum atomic E-state index is -4.43. The maximum Gasteiger partial charge on any atom is 0.405 e. The van der Waals surface area contributed by atoms with Crippen molar-refractivity contribution in [1.82, 2.24) is 20.1 Å². The molecule has 1 aromatic carbocycles. The molecule has 1 N–H and O–H groups in total. The molecule has 0 fully saturated rings. The van der Waals surface area contributed by atoms with Gasteiger partial charge in [0.25, 0.3) is 0 Å². The molecule has 0 bridgehead atoms. The predicted octanol–water partition coefficient (Wildman–Crippen LogP) is 2.35. The smallest absolute Gasteiger partial charge is 0.405 e. The highest BCUT2D eigenvalue weighted by atomic mass is 32.2. The topological polar surface area (TPSA) is 69.0 Å². The first-order valence-corrected chi connectivity index (χ1v) is 7.81. The molecule has 0 saturated heterocycles. The van der Waals surface area contributed by atoms with Crippen molar-refractivity contribution in [3.05, 3.63) is 30.1 Å². The van der Waals surface area contributed by atoms with Crippen LogP contribution in [0.15, 0.2) is 29.4 Å². The van der Waals surface area contributed by atoms with E-state index in [2.05, 4.69) is 10.2 Å². The minimum Gasteiger partial charge on any atom is -0.497 e. The summed E-state index contributed by atoms with van der Waals surface area (Å²) in [4.78, 5) is 11.5. The lowest BCUT2D eigenvalue weighted by Gasteiger charge is -2.10. The number of nitrogens with zero attached hydrogens (tertiary/aromatic N) is 3. The monoisotopic (exact) mass is 360 g/mol. The van der Waals surface area contributed by atoms with E-state index in [9.17, 15) is 18.0 Å². The van der Waals surface area contributed by atoms with Gasteiger partial charge in [-0.15, -0.1) is 10.2 Å². The van der Waals surface area contributed by atoms with Crippen LogP contribution in [-0.2, 0) is 4.79 Å². The van der Waals surface area contributed by atoms with Crippen molar-refractivity contribution in [2.45, 2.75) is 18.3 Å². The van der Waals surface area contributed by atoms with Crippen LogP contribution in [0.5, 0.6) is 5.75 Å². The molecule has 10 heteroatoms. The number of alkyl halides is 3. The fourth-order valence-corrected chi connectivity index (χ4v) is 2.67. The van der Waals surface area contributed by atoms with Gasteiger partial charge in [0.15, 0.2) is 5.16 Å². The molecule has 130 valence electrons. The lowest BCUT2D eigenvalue weighted by molar-refractivity contribution is -0.136. The fraction of sp³-hybridized carbons (Fsp3) is 0.357. The Morgan fingerprint density at radius 3 is 2.54 bits per heavy atom. The molecule has 0 radical (unpaired) electrons. The van der Waals surface area contributed by atoms with E-state index in [1.54, 1.807) is 42.9 Å². The summed E-state index contributed by atoms with van der Waals surface area (Å²) in [6.07, 6.45) is -4.43. The third-order valence-corrected chi connectivity index (χ3v) is 3.87. The Morgan fingerprint density at radius 2 is 1.96 bits per heavy atom. The van der Waals surface area contributed by atoms with Gasteiger partial charge in [0, 0.05) is 5.69 Å². The number of nitrogens with one attached hydrogen (secondary N) is 1. The molecule has 0 aliphatic heterocycles. The van der Waals surface area contributed by atoms with E-state index in [1.165, 1.54) is 0 Å². The van der Waals surface area contributed by atoms with E-state index < -0.39 is 18.6 Å². The van der Waals surface area contributed by atoms with Gasteiger partial charge in [-0.1, -0.05) is 11.8 Å². The molecule has 0 atom stereocenters. The van der Waals surface area contributed by atoms with Crippen molar-refractivity contribution < 1.29 is 22.7 Å². The number of thioether (sulfide) groups is 1. The third kappa shape index (κ3) is 4.88. The van der Waals surface area contributed by atoms with E-state index in [0.717, 1.165) is 17.4 Å². The number of hydrogen-bond donors (Lipinski definition) is 1. The van der Waals surface area contributed by atoms with Gasteiger partial charge in [-0.3, -0.25) is 9.36 Å². The van der Waals surface area contributed by atoms with Crippen LogP contribution < -0.4 is 10.1 Å². The summed E-state index contributed by atoms with van der Waals surface area (Å²) in [6.45, 7) is 0.390. The zero-order chi connectivity index (χ0) is 17.7. The summed E-state index contributed by atoms with van der Waals surface area (Å²) in [5.74, 6) is 0.368. The maximum absolute atomic E-state index is 12.1. The zero-order valence-corrected chi connectivity index (χ0v) is 13.7. The molecule has 2 aromatic rings. The summed E-state index contributed by atoms with van der Waals surface area (Å²) >= 11 is 1.01. The number of hydrogen-bond acceptors (Lipinski definition) is 5. The van der Waals surface area contributed by atoms with Crippen LogP contribution >= 0.6 is 11.8 Å². The summed E-state index contributed by atoms with van der Waals surface area (Å²) in [7, 11) is 1.56. The Balaban J connectivity index is 2.05. The van der Waals surface area contributed by atoms with Gasteiger partial charge in [0.2, 0.25) is 5.91 Å². The molecular weight excluding hydrogens is 345 g/mol. The number of benzene rings is 1. The van der Waals surface area contributed by atoms with Crippen molar-refractivity contribution >= 4 is 17.7 Å². The van der Waals surface area contributed by atoms with Gasteiger partial charge in [-0.25, -0.2) is 0 Å². The lowest BCUT2D eigenvalue weighted by atomic mass is 10.3. The largest absolute Gasteiger partial charge is 0.497 e. The summed E-state index contributed by atoms with van der Waals surface area (Å²) in [5.41, 5.74) is 0.761. The zero-order valence-electron chi connectivity index (χ0n) is 12.9. The Morgan fingerprint density at radius 1 is 1.29 bits per heavy atom. The summed E-state index contributed by atoms with van der Waals surface area (Å²) in [5, 5.41) is 10.1. The van der Waals surface area contributed by atoms with Gasteiger partial charge >= 0.3 is 6.18 Å². The van der Waals surface area contributed by atoms with Crippen molar-refractivity contribution in [1.29, 1.82) is 0 Å². The molecule has 24 heavy (non-hydrogen) atoms. The number of carbonyl (C=O) groups excluding carboxylic acids is 1.